The molecule has 1 aliphatic heterocycles. The zero-order valence-corrected chi connectivity index (χ0v) is 11.7. The first kappa shape index (κ1) is 13.8. The fourth-order valence-corrected chi connectivity index (χ4v) is 2.84. The first-order valence-electron chi connectivity index (χ1n) is 7.23. The van der Waals surface area contributed by atoms with Gasteiger partial charge in [0.2, 0.25) is 0 Å². The summed E-state index contributed by atoms with van der Waals surface area (Å²) in [5.41, 5.74) is 0. The van der Waals surface area contributed by atoms with Crippen molar-refractivity contribution in [2.75, 3.05) is 33.3 Å². The van der Waals surface area contributed by atoms with Crippen LogP contribution >= 0.6 is 0 Å². The zero-order chi connectivity index (χ0) is 13.0. The molecule has 0 aromatic carbocycles. The summed E-state index contributed by atoms with van der Waals surface area (Å²) in [4.78, 5) is 14.0. The third-order valence-corrected chi connectivity index (χ3v) is 4.13. The third kappa shape index (κ3) is 3.95. The highest BCUT2D eigenvalue weighted by atomic mass is 16.5. The second kappa shape index (κ2) is 6.53. The molecule has 0 bridgehead atoms. The van der Waals surface area contributed by atoms with Crippen LogP contribution in [0.15, 0.2) is 0 Å². The van der Waals surface area contributed by atoms with E-state index in [2.05, 4.69) is 10.2 Å². The molecule has 0 spiro atoms. The van der Waals surface area contributed by atoms with Gasteiger partial charge in [-0.1, -0.05) is 6.92 Å². The van der Waals surface area contributed by atoms with Crippen molar-refractivity contribution in [2.45, 2.75) is 38.6 Å². The van der Waals surface area contributed by atoms with Crippen LogP contribution in [0.4, 0.5) is 0 Å². The lowest BCUT2D eigenvalue weighted by Gasteiger charge is -2.31. The molecule has 4 heteroatoms. The highest BCUT2D eigenvalue weighted by Crippen LogP contribution is 2.29. The van der Waals surface area contributed by atoms with Gasteiger partial charge in [0, 0.05) is 19.1 Å². The number of esters is 1. The third-order valence-electron chi connectivity index (χ3n) is 4.13. The highest BCUT2D eigenvalue weighted by Gasteiger charge is 2.32. The van der Waals surface area contributed by atoms with E-state index < -0.39 is 0 Å². The molecular formula is C14H26N2O2. The molecule has 104 valence electrons. The van der Waals surface area contributed by atoms with E-state index in [0.717, 1.165) is 38.1 Å². The summed E-state index contributed by atoms with van der Waals surface area (Å²) in [5, 5.41) is 3.41. The number of piperidine rings is 1. The first-order chi connectivity index (χ1) is 8.70. The molecule has 1 heterocycles. The molecule has 4 nitrogen and oxygen atoms in total. The normalized spacial score (nSPS) is 23.1. The average molecular weight is 254 g/mol. The average Bonchev–Trinajstić information content (AvgIpc) is 3.22. The van der Waals surface area contributed by atoms with Crippen LogP contribution in [0.1, 0.15) is 32.6 Å². The van der Waals surface area contributed by atoms with E-state index >= 15 is 0 Å². The summed E-state index contributed by atoms with van der Waals surface area (Å²) >= 11 is 0. The van der Waals surface area contributed by atoms with Gasteiger partial charge in [0.15, 0.2) is 0 Å². The summed E-state index contributed by atoms with van der Waals surface area (Å²) in [5.74, 6) is 0.722. The molecule has 18 heavy (non-hydrogen) atoms. The van der Waals surface area contributed by atoms with Crippen LogP contribution in [-0.2, 0) is 9.53 Å². The Kier molecular flexibility index (Phi) is 5.01. The molecule has 0 radical (unpaired) electrons. The largest absolute Gasteiger partial charge is 0.469 e. The molecule has 1 unspecified atom stereocenters. The van der Waals surface area contributed by atoms with Crippen molar-refractivity contribution in [1.82, 2.24) is 10.2 Å². The second-order valence-corrected chi connectivity index (χ2v) is 5.80. The summed E-state index contributed by atoms with van der Waals surface area (Å²) in [6.07, 6.45) is 5.16. The van der Waals surface area contributed by atoms with Crippen molar-refractivity contribution in [3.8, 4) is 0 Å². The topological polar surface area (TPSA) is 41.6 Å². The summed E-state index contributed by atoms with van der Waals surface area (Å²) < 4.78 is 4.83. The summed E-state index contributed by atoms with van der Waals surface area (Å²) in [7, 11) is 1.48. The number of carbonyl (C=O) groups excluding carboxylic acids is 1. The molecule has 0 aromatic heterocycles. The lowest BCUT2D eigenvalue weighted by molar-refractivity contribution is -0.145. The molecule has 2 fully saturated rings. The molecule has 0 amide bonds. The van der Waals surface area contributed by atoms with E-state index in [1.165, 1.54) is 32.8 Å². The summed E-state index contributed by atoms with van der Waals surface area (Å²) in [6.45, 7) is 6.30. The van der Waals surface area contributed by atoms with Crippen molar-refractivity contribution >= 4 is 5.97 Å². The van der Waals surface area contributed by atoms with Crippen LogP contribution in [0, 0.1) is 11.8 Å². The van der Waals surface area contributed by atoms with Crippen molar-refractivity contribution in [3.63, 3.8) is 0 Å². The predicted molar refractivity (Wildman–Crippen MR) is 71.4 cm³/mol. The fourth-order valence-electron chi connectivity index (χ4n) is 2.84. The molecule has 1 atom stereocenters. The van der Waals surface area contributed by atoms with Crippen molar-refractivity contribution < 1.29 is 9.53 Å². The van der Waals surface area contributed by atoms with Gasteiger partial charge in [-0.3, -0.25) is 9.69 Å². The lowest BCUT2D eigenvalue weighted by Crippen LogP contribution is -2.40. The molecule has 2 aliphatic rings. The van der Waals surface area contributed by atoms with Gasteiger partial charge in [-0.05, 0) is 44.7 Å². The van der Waals surface area contributed by atoms with Crippen LogP contribution in [0.25, 0.3) is 0 Å². The van der Waals surface area contributed by atoms with E-state index in [0.29, 0.717) is 0 Å². The molecule has 2 rings (SSSR count). The van der Waals surface area contributed by atoms with Crippen molar-refractivity contribution in [2.24, 2.45) is 11.8 Å². The molecule has 1 N–H and O–H groups in total. The molecule has 0 aromatic rings. The maximum absolute atomic E-state index is 11.5. The maximum atomic E-state index is 11.5. The number of nitrogens with zero attached hydrogens (tertiary/aromatic N) is 1. The van der Waals surface area contributed by atoms with Crippen LogP contribution in [0.2, 0.25) is 0 Å². The molecular weight excluding hydrogens is 228 g/mol. The van der Waals surface area contributed by atoms with E-state index in [9.17, 15) is 4.79 Å². The Balaban J connectivity index is 1.81. The van der Waals surface area contributed by atoms with Gasteiger partial charge >= 0.3 is 5.97 Å². The minimum atomic E-state index is -0.0778. The van der Waals surface area contributed by atoms with Crippen LogP contribution in [0.5, 0.6) is 0 Å². The van der Waals surface area contributed by atoms with Crippen molar-refractivity contribution in [3.05, 3.63) is 0 Å². The first-order valence-corrected chi connectivity index (χ1v) is 7.23. The number of methoxy groups -OCH3 is 1. The van der Waals surface area contributed by atoms with E-state index in [4.69, 9.17) is 4.74 Å². The number of hydrogen-bond donors (Lipinski definition) is 1. The molecule has 1 saturated heterocycles. The van der Waals surface area contributed by atoms with E-state index in [-0.39, 0.29) is 11.9 Å². The van der Waals surface area contributed by atoms with Crippen LogP contribution < -0.4 is 5.32 Å². The van der Waals surface area contributed by atoms with Crippen LogP contribution in [0.3, 0.4) is 0 Å². The quantitative estimate of drug-likeness (QED) is 0.725. The van der Waals surface area contributed by atoms with Gasteiger partial charge in [-0.2, -0.15) is 0 Å². The van der Waals surface area contributed by atoms with Gasteiger partial charge in [0.1, 0.15) is 0 Å². The zero-order valence-electron chi connectivity index (χ0n) is 11.7. The maximum Gasteiger partial charge on any atom is 0.309 e. The van der Waals surface area contributed by atoms with Gasteiger partial charge in [-0.25, -0.2) is 0 Å². The Bertz CT molecular complexity index is 273. The molecule has 1 saturated carbocycles. The minimum absolute atomic E-state index is 0.00249. The molecule has 1 aliphatic carbocycles. The Morgan fingerprint density at radius 3 is 2.56 bits per heavy atom. The SMILES string of the molecule is COC(=O)C(C)CN(CC1CCNCC1)C1CC1. The fraction of sp³-hybridized carbons (Fsp3) is 0.929. The number of nitrogens with one attached hydrogen (secondary N) is 1. The van der Waals surface area contributed by atoms with E-state index in [1.54, 1.807) is 0 Å². The standard InChI is InChI=1S/C14H26N2O2/c1-11(14(17)18-2)9-16(13-3-4-13)10-12-5-7-15-8-6-12/h11-13,15H,3-10H2,1-2H3. The lowest BCUT2D eigenvalue weighted by atomic mass is 9.97. The Morgan fingerprint density at radius 2 is 2.00 bits per heavy atom. The number of carbonyl (C=O) groups is 1. The van der Waals surface area contributed by atoms with E-state index in [1.807, 2.05) is 6.92 Å². The highest BCUT2D eigenvalue weighted by molar-refractivity contribution is 5.72. The monoisotopic (exact) mass is 254 g/mol. The Morgan fingerprint density at radius 1 is 1.33 bits per heavy atom. The predicted octanol–water partition coefficient (Wildman–Crippen LogP) is 1.26. The Hall–Kier alpha value is -0.610. The van der Waals surface area contributed by atoms with Crippen LogP contribution in [-0.4, -0.2) is 50.2 Å². The number of ether oxygens (including phenoxy) is 1. The van der Waals surface area contributed by atoms with Gasteiger partial charge in [0.25, 0.3) is 0 Å². The summed E-state index contributed by atoms with van der Waals surface area (Å²) in [6, 6.07) is 0.729. The smallest absolute Gasteiger partial charge is 0.309 e. The number of rotatable bonds is 6. The second-order valence-electron chi connectivity index (χ2n) is 5.80. The number of hydrogen-bond acceptors (Lipinski definition) is 4. The van der Waals surface area contributed by atoms with Gasteiger partial charge in [0.05, 0.1) is 13.0 Å². The van der Waals surface area contributed by atoms with Gasteiger partial charge in [-0.15, -0.1) is 0 Å². The van der Waals surface area contributed by atoms with Crippen molar-refractivity contribution in [1.29, 1.82) is 0 Å². The minimum Gasteiger partial charge on any atom is -0.469 e. The van der Waals surface area contributed by atoms with Gasteiger partial charge < -0.3 is 10.1 Å². The Labute approximate surface area is 110 Å².